The van der Waals surface area contributed by atoms with E-state index in [0.717, 1.165) is 24.6 Å². The molecule has 22 heavy (non-hydrogen) atoms. The van der Waals surface area contributed by atoms with Crippen molar-refractivity contribution in [3.05, 3.63) is 23.9 Å². The van der Waals surface area contributed by atoms with E-state index in [1.54, 1.807) is 6.07 Å². The van der Waals surface area contributed by atoms with Crippen LogP contribution in [0.1, 0.15) is 43.5 Å². The molecule has 2 rings (SSSR count). The average molecular weight is 321 g/mol. The molecular weight excluding hydrogens is 300 g/mol. The average Bonchev–Trinajstić information content (AvgIpc) is 2.50. The summed E-state index contributed by atoms with van der Waals surface area (Å²) in [6.45, 7) is 4.40. The predicted octanol–water partition coefficient (Wildman–Crippen LogP) is 1.48. The highest BCUT2D eigenvalue weighted by Crippen LogP contribution is 2.29. The monoisotopic (exact) mass is 321 g/mol. The van der Waals surface area contributed by atoms with Crippen LogP contribution in [0.4, 0.5) is 0 Å². The zero-order valence-electron chi connectivity index (χ0n) is 12.9. The number of aromatic carboxylic acids is 1. The SMILES string of the molecule is C[C@@H]1[C@@H](C)CCC[C@H]1NC(=O)CSc1ncccc1C(=O)[O-]. The van der Waals surface area contributed by atoms with E-state index in [1.165, 1.54) is 18.7 Å². The fourth-order valence-corrected chi connectivity index (χ4v) is 3.62. The Labute approximate surface area is 134 Å². The van der Waals surface area contributed by atoms with Crippen molar-refractivity contribution in [3.63, 3.8) is 0 Å². The smallest absolute Gasteiger partial charge is 0.230 e. The number of carbonyl (C=O) groups is 2. The Morgan fingerprint density at radius 2 is 2.18 bits per heavy atom. The number of pyridine rings is 1. The molecule has 0 saturated heterocycles. The van der Waals surface area contributed by atoms with Crippen molar-refractivity contribution in [1.29, 1.82) is 0 Å². The highest BCUT2D eigenvalue weighted by atomic mass is 32.2. The molecule has 1 fully saturated rings. The van der Waals surface area contributed by atoms with E-state index in [0.29, 0.717) is 16.9 Å². The van der Waals surface area contributed by atoms with Crippen LogP contribution in [-0.2, 0) is 4.79 Å². The fourth-order valence-electron chi connectivity index (χ4n) is 2.83. The van der Waals surface area contributed by atoms with E-state index < -0.39 is 5.97 Å². The van der Waals surface area contributed by atoms with Crippen LogP contribution in [0.15, 0.2) is 23.4 Å². The minimum atomic E-state index is -1.27. The lowest BCUT2D eigenvalue weighted by Crippen LogP contribution is -2.44. The molecule has 5 nitrogen and oxygen atoms in total. The third-order valence-electron chi connectivity index (χ3n) is 4.38. The van der Waals surface area contributed by atoms with Gasteiger partial charge in [-0.1, -0.05) is 38.5 Å². The first-order chi connectivity index (χ1) is 10.5. The van der Waals surface area contributed by atoms with Crippen molar-refractivity contribution in [2.24, 2.45) is 11.8 Å². The highest BCUT2D eigenvalue weighted by Gasteiger charge is 2.28. The maximum atomic E-state index is 12.1. The second-order valence-electron chi connectivity index (χ2n) is 5.87. The summed E-state index contributed by atoms with van der Waals surface area (Å²) in [6.07, 6.45) is 4.87. The van der Waals surface area contributed by atoms with Gasteiger partial charge in [0.25, 0.3) is 0 Å². The van der Waals surface area contributed by atoms with Crippen molar-refractivity contribution >= 4 is 23.6 Å². The zero-order chi connectivity index (χ0) is 16.1. The van der Waals surface area contributed by atoms with Crippen LogP contribution in [0.2, 0.25) is 0 Å². The minimum absolute atomic E-state index is 0.0277. The topological polar surface area (TPSA) is 82.1 Å². The number of thioether (sulfide) groups is 1. The van der Waals surface area contributed by atoms with Crippen molar-refractivity contribution in [2.75, 3.05) is 5.75 Å². The summed E-state index contributed by atoms with van der Waals surface area (Å²) >= 11 is 1.13. The third-order valence-corrected chi connectivity index (χ3v) is 5.39. The summed E-state index contributed by atoms with van der Waals surface area (Å²) in [4.78, 5) is 27.1. The van der Waals surface area contributed by atoms with E-state index in [9.17, 15) is 14.7 Å². The van der Waals surface area contributed by atoms with Crippen molar-refractivity contribution in [1.82, 2.24) is 10.3 Å². The molecule has 0 spiro atoms. The number of hydrogen-bond donors (Lipinski definition) is 1. The van der Waals surface area contributed by atoms with Gasteiger partial charge in [0.15, 0.2) is 0 Å². The molecule has 1 heterocycles. The second kappa shape index (κ2) is 7.63. The van der Waals surface area contributed by atoms with Gasteiger partial charge in [0.2, 0.25) is 5.91 Å². The van der Waals surface area contributed by atoms with Crippen molar-refractivity contribution in [3.8, 4) is 0 Å². The fraction of sp³-hybridized carbons (Fsp3) is 0.562. The number of carboxylic acid groups (broad SMARTS) is 1. The maximum Gasteiger partial charge on any atom is 0.230 e. The van der Waals surface area contributed by atoms with Crippen LogP contribution in [0.3, 0.4) is 0 Å². The summed E-state index contributed by atoms with van der Waals surface area (Å²) in [5.74, 6) is -0.102. The molecule has 6 heteroatoms. The molecule has 0 radical (unpaired) electrons. The Kier molecular flexibility index (Phi) is 5.83. The van der Waals surface area contributed by atoms with E-state index in [-0.39, 0.29) is 23.3 Å². The molecule has 0 bridgehead atoms. The van der Waals surface area contributed by atoms with Gasteiger partial charge in [0.05, 0.1) is 11.7 Å². The molecule has 1 saturated carbocycles. The number of aromatic nitrogens is 1. The van der Waals surface area contributed by atoms with Gasteiger partial charge in [0.1, 0.15) is 5.03 Å². The van der Waals surface area contributed by atoms with Gasteiger partial charge in [-0.2, -0.15) is 0 Å². The lowest BCUT2D eigenvalue weighted by molar-refractivity contribution is -0.255. The second-order valence-corrected chi connectivity index (χ2v) is 6.84. The van der Waals surface area contributed by atoms with Crippen LogP contribution in [0, 0.1) is 11.8 Å². The summed E-state index contributed by atoms with van der Waals surface area (Å²) < 4.78 is 0. The Balaban J connectivity index is 1.89. The first-order valence-electron chi connectivity index (χ1n) is 7.57. The van der Waals surface area contributed by atoms with Crippen LogP contribution >= 0.6 is 11.8 Å². The number of rotatable bonds is 5. The molecule has 1 N–H and O–H groups in total. The minimum Gasteiger partial charge on any atom is -0.545 e. The maximum absolute atomic E-state index is 12.1. The van der Waals surface area contributed by atoms with Gasteiger partial charge in [-0.05, 0) is 30.4 Å². The Hall–Kier alpha value is -1.56. The molecule has 1 aliphatic carbocycles. The number of nitrogens with zero attached hydrogens (tertiary/aromatic N) is 1. The Morgan fingerprint density at radius 1 is 1.41 bits per heavy atom. The first-order valence-corrected chi connectivity index (χ1v) is 8.56. The van der Waals surface area contributed by atoms with E-state index >= 15 is 0 Å². The summed E-state index contributed by atoms with van der Waals surface area (Å²) in [5, 5.41) is 14.4. The van der Waals surface area contributed by atoms with E-state index in [4.69, 9.17) is 0 Å². The lowest BCUT2D eigenvalue weighted by Gasteiger charge is -2.34. The zero-order valence-corrected chi connectivity index (χ0v) is 13.7. The summed E-state index contributed by atoms with van der Waals surface area (Å²) in [7, 11) is 0. The molecule has 0 aromatic carbocycles. The van der Waals surface area contributed by atoms with Gasteiger partial charge >= 0.3 is 0 Å². The van der Waals surface area contributed by atoms with Gasteiger partial charge < -0.3 is 15.2 Å². The molecule has 3 atom stereocenters. The Bertz CT molecular complexity index is 550. The molecule has 0 aliphatic heterocycles. The number of carboxylic acids is 1. The van der Waals surface area contributed by atoms with Crippen molar-refractivity contribution in [2.45, 2.75) is 44.2 Å². The molecule has 0 unspecified atom stereocenters. The normalized spacial score (nSPS) is 24.7. The predicted molar refractivity (Wildman–Crippen MR) is 83.4 cm³/mol. The third kappa shape index (κ3) is 4.22. The van der Waals surface area contributed by atoms with E-state index in [2.05, 4.69) is 24.1 Å². The molecule has 120 valence electrons. The van der Waals surface area contributed by atoms with E-state index in [1.807, 2.05) is 0 Å². The standard InChI is InChI=1S/C16H22N2O3S/c1-10-5-3-7-13(11(10)2)18-14(19)9-22-15-12(16(20)21)6-4-8-17-15/h4,6,8,10-11,13H,3,5,7,9H2,1-2H3,(H,18,19)(H,20,21)/p-1/t10-,11+,13+/m0/s1. The molecule has 1 aliphatic rings. The first kappa shape index (κ1) is 16.8. The van der Waals surface area contributed by atoms with Gasteiger partial charge in [-0.3, -0.25) is 4.79 Å². The van der Waals surface area contributed by atoms with Gasteiger partial charge in [0, 0.05) is 17.8 Å². The highest BCUT2D eigenvalue weighted by molar-refractivity contribution is 8.00. The molecule has 1 amide bonds. The number of nitrogens with one attached hydrogen (secondary N) is 1. The van der Waals surface area contributed by atoms with Crippen LogP contribution in [-0.4, -0.2) is 28.7 Å². The molecule has 1 aromatic rings. The summed E-state index contributed by atoms with van der Waals surface area (Å²) in [5.41, 5.74) is 0.0277. The van der Waals surface area contributed by atoms with Gasteiger partial charge in [-0.25, -0.2) is 4.98 Å². The number of carbonyl (C=O) groups excluding carboxylic acids is 2. The van der Waals surface area contributed by atoms with Crippen LogP contribution < -0.4 is 10.4 Å². The molecule has 1 aromatic heterocycles. The largest absolute Gasteiger partial charge is 0.545 e. The van der Waals surface area contributed by atoms with Crippen molar-refractivity contribution < 1.29 is 14.7 Å². The number of amides is 1. The lowest BCUT2D eigenvalue weighted by atomic mass is 9.78. The van der Waals surface area contributed by atoms with Crippen LogP contribution in [0.25, 0.3) is 0 Å². The quantitative estimate of drug-likeness (QED) is 0.831. The van der Waals surface area contributed by atoms with Crippen LogP contribution in [0.5, 0.6) is 0 Å². The Morgan fingerprint density at radius 3 is 2.91 bits per heavy atom. The summed E-state index contributed by atoms with van der Waals surface area (Å²) in [6, 6.07) is 3.19. The number of hydrogen-bond acceptors (Lipinski definition) is 5. The van der Waals surface area contributed by atoms with Gasteiger partial charge in [-0.15, -0.1) is 0 Å². The molecular formula is C16H21N2O3S-.